The lowest BCUT2D eigenvalue weighted by molar-refractivity contribution is 0.0707. The summed E-state index contributed by atoms with van der Waals surface area (Å²) in [6.45, 7) is 0.291. The summed E-state index contributed by atoms with van der Waals surface area (Å²) in [4.78, 5) is 24.0. The Balaban J connectivity index is 1.76. The minimum Gasteiger partial charge on any atom is -0.334 e. The Hall–Kier alpha value is -3.64. The van der Waals surface area contributed by atoms with Crippen LogP contribution in [0.4, 0.5) is 10.5 Å². The number of benzene rings is 3. The fourth-order valence-corrected chi connectivity index (χ4v) is 2.70. The topological polar surface area (TPSA) is 90.5 Å². The van der Waals surface area contributed by atoms with Crippen LogP contribution in [0.25, 0.3) is 11.1 Å². The molecule has 6 nitrogen and oxygen atoms in total. The van der Waals surface area contributed by atoms with Gasteiger partial charge >= 0.3 is 6.03 Å². The van der Waals surface area contributed by atoms with Gasteiger partial charge in [-0.3, -0.25) is 10.0 Å². The third-order valence-corrected chi connectivity index (χ3v) is 4.00. The molecule has 3 aromatic carbocycles. The van der Waals surface area contributed by atoms with Crippen LogP contribution < -0.4 is 16.1 Å². The summed E-state index contributed by atoms with van der Waals surface area (Å²) in [5.74, 6) is -0.588. The summed E-state index contributed by atoms with van der Waals surface area (Å²) in [6.07, 6.45) is 0. The number of carbonyl (C=O) groups excluding carboxylic acids is 2. The lowest BCUT2D eigenvalue weighted by Crippen LogP contribution is -2.28. The highest BCUT2D eigenvalue weighted by molar-refractivity contribution is 6.00. The van der Waals surface area contributed by atoms with Crippen molar-refractivity contribution < 1.29 is 14.8 Å². The molecule has 0 fully saturated rings. The fraction of sp³-hybridized carbons (Fsp3) is 0.0476. The van der Waals surface area contributed by atoms with Gasteiger partial charge in [0.1, 0.15) is 0 Å². The molecule has 0 heterocycles. The van der Waals surface area contributed by atoms with E-state index in [4.69, 9.17) is 5.21 Å². The Bertz CT molecular complexity index is 928. The molecule has 0 radical (unpaired) electrons. The van der Waals surface area contributed by atoms with Crippen LogP contribution in [0.3, 0.4) is 0 Å². The molecule has 3 aromatic rings. The molecule has 0 aromatic heterocycles. The highest BCUT2D eigenvalue weighted by atomic mass is 16.5. The molecule has 0 saturated heterocycles. The molecule has 4 N–H and O–H groups in total. The van der Waals surface area contributed by atoms with Crippen molar-refractivity contribution in [1.29, 1.82) is 0 Å². The quantitative estimate of drug-likeness (QED) is 0.412. The second-order valence-electron chi connectivity index (χ2n) is 5.86. The first-order valence-electron chi connectivity index (χ1n) is 8.40. The minimum absolute atomic E-state index is 0.291. The summed E-state index contributed by atoms with van der Waals surface area (Å²) < 4.78 is 0. The Morgan fingerprint density at radius 2 is 1.52 bits per heavy atom. The number of urea groups is 1. The van der Waals surface area contributed by atoms with Gasteiger partial charge in [0, 0.05) is 17.8 Å². The monoisotopic (exact) mass is 361 g/mol. The number of hydroxylamine groups is 1. The largest absolute Gasteiger partial charge is 0.334 e. The third kappa shape index (κ3) is 4.71. The van der Waals surface area contributed by atoms with Crippen molar-refractivity contribution >= 4 is 17.6 Å². The number of carbonyl (C=O) groups is 2. The summed E-state index contributed by atoms with van der Waals surface area (Å²) >= 11 is 0. The third-order valence-electron chi connectivity index (χ3n) is 4.00. The summed E-state index contributed by atoms with van der Waals surface area (Å²) in [6, 6.07) is 23.4. The van der Waals surface area contributed by atoms with Gasteiger partial charge in [-0.25, -0.2) is 10.3 Å². The molecule has 27 heavy (non-hydrogen) atoms. The summed E-state index contributed by atoms with van der Waals surface area (Å²) in [7, 11) is 0. The molecule has 0 aliphatic carbocycles. The van der Waals surface area contributed by atoms with Gasteiger partial charge in [0.15, 0.2) is 0 Å². The van der Waals surface area contributed by atoms with Gasteiger partial charge in [-0.15, -0.1) is 0 Å². The predicted octanol–water partition coefficient (Wildman–Crippen LogP) is 3.79. The van der Waals surface area contributed by atoms with E-state index >= 15 is 0 Å². The van der Waals surface area contributed by atoms with E-state index in [1.54, 1.807) is 29.7 Å². The average molecular weight is 361 g/mol. The van der Waals surface area contributed by atoms with Crippen LogP contribution >= 0.6 is 0 Å². The van der Waals surface area contributed by atoms with E-state index in [2.05, 4.69) is 10.6 Å². The minimum atomic E-state index is -0.588. The SMILES string of the molecule is O=C(NCc1ccc(C(=O)NO)c(-c2ccccc2)c1)Nc1ccccc1. The zero-order valence-electron chi connectivity index (χ0n) is 14.5. The first kappa shape index (κ1) is 18.2. The number of nitrogens with one attached hydrogen (secondary N) is 3. The molecular weight excluding hydrogens is 342 g/mol. The first-order chi connectivity index (χ1) is 13.2. The standard InChI is InChI=1S/C21H19N3O3/c25-20(24-27)18-12-11-15(13-19(18)16-7-3-1-4-8-16)14-22-21(26)23-17-9-5-2-6-10-17/h1-13,27H,14H2,(H,24,25)(H2,22,23,26). The van der Waals surface area contributed by atoms with E-state index in [0.29, 0.717) is 23.4 Å². The van der Waals surface area contributed by atoms with Crippen molar-refractivity contribution in [2.45, 2.75) is 6.54 Å². The van der Waals surface area contributed by atoms with Crippen molar-refractivity contribution in [2.24, 2.45) is 0 Å². The second kappa shape index (κ2) is 8.64. The van der Waals surface area contributed by atoms with Gasteiger partial charge in [-0.05, 0) is 41.0 Å². The average Bonchev–Trinajstić information content (AvgIpc) is 2.73. The molecule has 0 spiro atoms. The van der Waals surface area contributed by atoms with E-state index in [0.717, 1.165) is 11.1 Å². The number of para-hydroxylation sites is 1. The van der Waals surface area contributed by atoms with Crippen molar-refractivity contribution in [3.8, 4) is 11.1 Å². The number of hydrogen-bond acceptors (Lipinski definition) is 3. The van der Waals surface area contributed by atoms with Crippen LogP contribution in [-0.4, -0.2) is 17.1 Å². The Morgan fingerprint density at radius 3 is 2.19 bits per heavy atom. The van der Waals surface area contributed by atoms with Crippen LogP contribution in [0.15, 0.2) is 78.9 Å². The van der Waals surface area contributed by atoms with Crippen molar-refractivity contribution in [3.05, 3.63) is 90.0 Å². The van der Waals surface area contributed by atoms with E-state index in [1.165, 1.54) is 0 Å². The van der Waals surface area contributed by atoms with Crippen LogP contribution in [0, 0.1) is 0 Å². The van der Waals surface area contributed by atoms with E-state index in [-0.39, 0.29) is 6.03 Å². The summed E-state index contributed by atoms with van der Waals surface area (Å²) in [5, 5.41) is 14.5. The number of anilines is 1. The predicted molar refractivity (Wildman–Crippen MR) is 103 cm³/mol. The smallest absolute Gasteiger partial charge is 0.319 e. The molecule has 0 aliphatic heterocycles. The molecule has 0 bridgehead atoms. The normalized spacial score (nSPS) is 10.1. The fourth-order valence-electron chi connectivity index (χ4n) is 2.70. The van der Waals surface area contributed by atoms with E-state index in [9.17, 15) is 9.59 Å². The maximum absolute atomic E-state index is 12.0. The number of rotatable bonds is 5. The molecule has 136 valence electrons. The molecule has 0 unspecified atom stereocenters. The number of amides is 3. The Kier molecular flexibility index (Phi) is 5.81. The highest BCUT2D eigenvalue weighted by Crippen LogP contribution is 2.25. The van der Waals surface area contributed by atoms with Crippen LogP contribution in [0.1, 0.15) is 15.9 Å². The molecule has 6 heteroatoms. The van der Waals surface area contributed by atoms with Crippen LogP contribution in [-0.2, 0) is 6.54 Å². The van der Waals surface area contributed by atoms with E-state index in [1.807, 2.05) is 54.6 Å². The summed E-state index contributed by atoms with van der Waals surface area (Å²) in [5.41, 5.74) is 5.06. The number of hydrogen-bond donors (Lipinski definition) is 4. The molecule has 0 aliphatic rings. The zero-order valence-corrected chi connectivity index (χ0v) is 14.5. The highest BCUT2D eigenvalue weighted by Gasteiger charge is 2.13. The lowest BCUT2D eigenvalue weighted by Gasteiger charge is -2.12. The molecular formula is C21H19N3O3. The van der Waals surface area contributed by atoms with Gasteiger partial charge in [0.25, 0.3) is 5.91 Å². The lowest BCUT2D eigenvalue weighted by atomic mass is 9.97. The Morgan fingerprint density at radius 1 is 0.852 bits per heavy atom. The maximum atomic E-state index is 12.0. The molecule has 3 rings (SSSR count). The molecule has 3 amide bonds. The van der Waals surface area contributed by atoms with Crippen molar-refractivity contribution in [2.75, 3.05) is 5.32 Å². The van der Waals surface area contributed by atoms with Gasteiger partial charge in [-0.1, -0.05) is 54.6 Å². The second-order valence-corrected chi connectivity index (χ2v) is 5.86. The van der Waals surface area contributed by atoms with Gasteiger partial charge in [0.2, 0.25) is 0 Å². The van der Waals surface area contributed by atoms with Crippen molar-refractivity contribution in [3.63, 3.8) is 0 Å². The molecule has 0 atom stereocenters. The molecule has 0 saturated carbocycles. The zero-order chi connectivity index (χ0) is 19.1. The van der Waals surface area contributed by atoms with Gasteiger partial charge < -0.3 is 10.6 Å². The van der Waals surface area contributed by atoms with E-state index < -0.39 is 5.91 Å². The Labute approximate surface area is 156 Å². The van der Waals surface area contributed by atoms with Crippen LogP contribution in [0.2, 0.25) is 0 Å². The van der Waals surface area contributed by atoms with Crippen molar-refractivity contribution in [1.82, 2.24) is 10.8 Å². The maximum Gasteiger partial charge on any atom is 0.319 e. The van der Waals surface area contributed by atoms with Gasteiger partial charge in [-0.2, -0.15) is 0 Å². The van der Waals surface area contributed by atoms with Gasteiger partial charge in [0.05, 0.1) is 0 Å². The first-order valence-corrected chi connectivity index (χ1v) is 8.40. The van der Waals surface area contributed by atoms with Crippen LogP contribution in [0.5, 0.6) is 0 Å².